The summed E-state index contributed by atoms with van der Waals surface area (Å²) in [6.45, 7) is 6.19. The van der Waals surface area contributed by atoms with Gasteiger partial charge >= 0.3 is 0 Å². The lowest BCUT2D eigenvalue weighted by Gasteiger charge is -2.22. The second-order valence-electron chi connectivity index (χ2n) is 5.77. The maximum atomic E-state index is 12.2. The molecule has 0 bridgehead atoms. The standard InChI is InChI=1S/C16H18BrN3O/c1-16(2,3)20-13-8-9-18-14(10-13)15(21)19-12-6-4-11(17)5-7-12/h4-10H,1-3H3,(H,18,20)(H,19,21). The molecule has 1 amide bonds. The maximum Gasteiger partial charge on any atom is 0.274 e. The van der Waals surface area contributed by atoms with Crippen LogP contribution in [-0.4, -0.2) is 16.4 Å². The summed E-state index contributed by atoms with van der Waals surface area (Å²) in [5.41, 5.74) is 1.92. The van der Waals surface area contributed by atoms with E-state index in [0.717, 1.165) is 15.8 Å². The molecule has 21 heavy (non-hydrogen) atoms. The number of amides is 1. The third-order valence-electron chi connectivity index (χ3n) is 2.61. The van der Waals surface area contributed by atoms with Crippen LogP contribution in [0.25, 0.3) is 0 Å². The number of hydrogen-bond acceptors (Lipinski definition) is 3. The normalized spacial score (nSPS) is 11.0. The van der Waals surface area contributed by atoms with Gasteiger partial charge in [-0.1, -0.05) is 15.9 Å². The molecule has 110 valence electrons. The quantitative estimate of drug-likeness (QED) is 0.869. The molecule has 0 spiro atoms. The van der Waals surface area contributed by atoms with Crippen molar-refractivity contribution in [1.29, 1.82) is 0 Å². The second kappa shape index (κ2) is 6.26. The molecule has 0 unspecified atom stereocenters. The highest BCUT2D eigenvalue weighted by molar-refractivity contribution is 9.10. The number of carbonyl (C=O) groups is 1. The van der Waals surface area contributed by atoms with Crippen molar-refractivity contribution in [2.24, 2.45) is 0 Å². The van der Waals surface area contributed by atoms with Gasteiger partial charge in [0.1, 0.15) is 5.69 Å². The van der Waals surface area contributed by atoms with Gasteiger partial charge in [-0.2, -0.15) is 0 Å². The van der Waals surface area contributed by atoms with Gasteiger partial charge in [-0.15, -0.1) is 0 Å². The van der Waals surface area contributed by atoms with E-state index >= 15 is 0 Å². The topological polar surface area (TPSA) is 54.0 Å². The van der Waals surface area contributed by atoms with E-state index in [4.69, 9.17) is 0 Å². The minimum absolute atomic E-state index is 0.0686. The molecule has 0 fully saturated rings. The number of pyridine rings is 1. The van der Waals surface area contributed by atoms with E-state index in [2.05, 4.69) is 52.3 Å². The number of rotatable bonds is 3. The van der Waals surface area contributed by atoms with E-state index in [0.29, 0.717) is 5.69 Å². The smallest absolute Gasteiger partial charge is 0.274 e. The average Bonchev–Trinajstić information content (AvgIpc) is 2.40. The fourth-order valence-corrected chi connectivity index (χ4v) is 2.06. The third kappa shape index (κ3) is 4.86. The van der Waals surface area contributed by atoms with Crippen molar-refractivity contribution in [3.8, 4) is 0 Å². The van der Waals surface area contributed by atoms with Gasteiger partial charge in [0.05, 0.1) is 0 Å². The molecule has 2 N–H and O–H groups in total. The fourth-order valence-electron chi connectivity index (χ4n) is 1.79. The average molecular weight is 348 g/mol. The SMILES string of the molecule is CC(C)(C)Nc1ccnc(C(=O)Nc2ccc(Br)cc2)c1. The predicted octanol–water partition coefficient (Wildman–Crippen LogP) is 4.31. The highest BCUT2D eigenvalue weighted by Gasteiger charge is 2.12. The van der Waals surface area contributed by atoms with Crippen LogP contribution >= 0.6 is 15.9 Å². The zero-order valence-electron chi connectivity index (χ0n) is 12.3. The van der Waals surface area contributed by atoms with E-state index in [1.54, 1.807) is 12.3 Å². The van der Waals surface area contributed by atoms with Gasteiger partial charge in [0.15, 0.2) is 0 Å². The third-order valence-corrected chi connectivity index (χ3v) is 3.14. The van der Waals surface area contributed by atoms with Gasteiger partial charge in [-0.05, 0) is 57.2 Å². The van der Waals surface area contributed by atoms with E-state index in [-0.39, 0.29) is 11.4 Å². The molecular weight excluding hydrogens is 330 g/mol. The first kappa shape index (κ1) is 15.5. The van der Waals surface area contributed by atoms with Crippen LogP contribution in [0.15, 0.2) is 47.1 Å². The number of anilines is 2. The van der Waals surface area contributed by atoms with Crippen LogP contribution in [0.3, 0.4) is 0 Å². The van der Waals surface area contributed by atoms with E-state index < -0.39 is 0 Å². The maximum absolute atomic E-state index is 12.2. The van der Waals surface area contributed by atoms with Crippen LogP contribution < -0.4 is 10.6 Å². The van der Waals surface area contributed by atoms with Crippen molar-refractivity contribution >= 4 is 33.2 Å². The highest BCUT2D eigenvalue weighted by Crippen LogP contribution is 2.17. The summed E-state index contributed by atoms with van der Waals surface area (Å²) in [5, 5.41) is 6.15. The molecule has 0 radical (unpaired) electrons. The molecular formula is C16H18BrN3O. The molecule has 0 aliphatic rings. The monoisotopic (exact) mass is 347 g/mol. The zero-order chi connectivity index (χ0) is 15.5. The molecule has 4 nitrogen and oxygen atoms in total. The Kier molecular flexibility index (Phi) is 4.63. The van der Waals surface area contributed by atoms with E-state index in [1.165, 1.54) is 0 Å². The van der Waals surface area contributed by atoms with Crippen molar-refractivity contribution in [2.75, 3.05) is 10.6 Å². The predicted molar refractivity (Wildman–Crippen MR) is 89.7 cm³/mol. The lowest BCUT2D eigenvalue weighted by molar-refractivity contribution is 0.102. The molecule has 0 aliphatic heterocycles. The number of aromatic nitrogens is 1. The van der Waals surface area contributed by atoms with E-state index in [1.807, 2.05) is 30.3 Å². The number of carbonyl (C=O) groups excluding carboxylic acids is 1. The Morgan fingerprint density at radius 3 is 2.38 bits per heavy atom. The molecule has 0 saturated carbocycles. The van der Waals surface area contributed by atoms with Crippen molar-refractivity contribution < 1.29 is 4.79 Å². The van der Waals surface area contributed by atoms with Crippen molar-refractivity contribution in [2.45, 2.75) is 26.3 Å². The fraction of sp³-hybridized carbons (Fsp3) is 0.250. The number of halogens is 1. The summed E-state index contributed by atoms with van der Waals surface area (Å²) in [6, 6.07) is 11.0. The lowest BCUT2D eigenvalue weighted by Crippen LogP contribution is -2.26. The first-order chi connectivity index (χ1) is 9.83. The Morgan fingerprint density at radius 2 is 1.76 bits per heavy atom. The van der Waals surface area contributed by atoms with Gasteiger partial charge in [-0.3, -0.25) is 9.78 Å². The molecule has 2 aromatic rings. The Balaban J connectivity index is 2.12. The Bertz CT molecular complexity index is 633. The Labute approximate surface area is 133 Å². The Morgan fingerprint density at radius 1 is 1.10 bits per heavy atom. The van der Waals surface area contributed by atoms with Gasteiger partial charge < -0.3 is 10.6 Å². The number of hydrogen-bond donors (Lipinski definition) is 2. The molecule has 1 aromatic heterocycles. The first-order valence-corrected chi connectivity index (χ1v) is 7.44. The number of nitrogens with zero attached hydrogens (tertiary/aromatic N) is 1. The molecule has 0 saturated heterocycles. The van der Waals surface area contributed by atoms with Gasteiger partial charge in [0.25, 0.3) is 5.91 Å². The van der Waals surface area contributed by atoms with Crippen LogP contribution in [0.4, 0.5) is 11.4 Å². The van der Waals surface area contributed by atoms with Crippen molar-refractivity contribution in [3.63, 3.8) is 0 Å². The van der Waals surface area contributed by atoms with E-state index in [9.17, 15) is 4.79 Å². The second-order valence-corrected chi connectivity index (χ2v) is 6.68. The number of nitrogens with one attached hydrogen (secondary N) is 2. The van der Waals surface area contributed by atoms with Gasteiger partial charge in [0, 0.05) is 27.6 Å². The number of benzene rings is 1. The molecule has 1 heterocycles. The summed E-state index contributed by atoms with van der Waals surface area (Å²) >= 11 is 3.36. The summed E-state index contributed by atoms with van der Waals surface area (Å²) < 4.78 is 0.968. The van der Waals surface area contributed by atoms with Crippen LogP contribution in [0.2, 0.25) is 0 Å². The highest BCUT2D eigenvalue weighted by atomic mass is 79.9. The summed E-state index contributed by atoms with van der Waals surface area (Å²) in [6.07, 6.45) is 1.63. The van der Waals surface area contributed by atoms with Crippen molar-refractivity contribution in [3.05, 3.63) is 52.8 Å². The zero-order valence-corrected chi connectivity index (χ0v) is 13.9. The Hall–Kier alpha value is -1.88. The van der Waals surface area contributed by atoms with Gasteiger partial charge in [-0.25, -0.2) is 0 Å². The molecule has 2 rings (SSSR count). The minimum atomic E-state index is -0.227. The van der Waals surface area contributed by atoms with Crippen LogP contribution in [0.1, 0.15) is 31.3 Å². The van der Waals surface area contributed by atoms with Crippen molar-refractivity contribution in [1.82, 2.24) is 4.98 Å². The molecule has 0 aliphatic carbocycles. The molecule has 5 heteroatoms. The van der Waals surface area contributed by atoms with Crippen LogP contribution in [0.5, 0.6) is 0 Å². The van der Waals surface area contributed by atoms with Gasteiger partial charge in [0.2, 0.25) is 0 Å². The van der Waals surface area contributed by atoms with Crippen LogP contribution in [0, 0.1) is 0 Å². The molecule has 0 atom stereocenters. The van der Waals surface area contributed by atoms with Crippen LogP contribution in [-0.2, 0) is 0 Å². The first-order valence-electron chi connectivity index (χ1n) is 6.65. The lowest BCUT2D eigenvalue weighted by atomic mass is 10.1. The summed E-state index contributed by atoms with van der Waals surface area (Å²) in [5.74, 6) is -0.227. The minimum Gasteiger partial charge on any atom is -0.380 e. The summed E-state index contributed by atoms with van der Waals surface area (Å²) in [4.78, 5) is 16.3. The largest absolute Gasteiger partial charge is 0.380 e. The summed E-state index contributed by atoms with van der Waals surface area (Å²) in [7, 11) is 0. The molecule has 1 aromatic carbocycles.